The normalized spacial score (nSPS) is 14.6. The van der Waals surface area contributed by atoms with Crippen LogP contribution in [0.3, 0.4) is 0 Å². The molecule has 0 unspecified atom stereocenters. The fourth-order valence-electron chi connectivity index (χ4n) is 3.09. The largest absolute Gasteiger partial charge is 0.465 e. The number of pyridine rings is 2. The fraction of sp³-hybridized carbons (Fsp3) is 0.421. The molecular weight excluding hydrogens is 362 g/mol. The van der Waals surface area contributed by atoms with Crippen LogP contribution in [0.15, 0.2) is 30.6 Å². The predicted molar refractivity (Wildman–Crippen MR) is 104 cm³/mol. The number of esters is 1. The molecule has 1 aliphatic rings. The molecule has 0 saturated carbocycles. The molecule has 3 heterocycles. The molecule has 9 heteroatoms. The number of nitrogens with one attached hydrogen (secondary N) is 1. The van der Waals surface area contributed by atoms with E-state index in [0.717, 1.165) is 36.5 Å². The predicted octanol–water partition coefficient (Wildman–Crippen LogP) is 3.02. The maximum atomic E-state index is 11.5. The number of methoxy groups -OCH3 is 1. The van der Waals surface area contributed by atoms with Gasteiger partial charge in [-0.25, -0.2) is 14.8 Å². The number of piperidine rings is 1. The Labute approximate surface area is 162 Å². The first-order valence-corrected chi connectivity index (χ1v) is 9.14. The van der Waals surface area contributed by atoms with E-state index in [2.05, 4.69) is 31.8 Å². The minimum atomic E-state index is -0.672. The fourth-order valence-corrected chi connectivity index (χ4v) is 3.09. The van der Waals surface area contributed by atoms with Gasteiger partial charge >= 0.3 is 11.7 Å². The number of nitro groups is 1. The van der Waals surface area contributed by atoms with Crippen LogP contribution in [0.4, 0.5) is 17.3 Å². The third kappa shape index (κ3) is 4.54. The van der Waals surface area contributed by atoms with Crippen LogP contribution in [-0.4, -0.2) is 41.1 Å². The number of nitrogens with zero attached hydrogens (tertiary/aromatic N) is 4. The average Bonchev–Trinajstić information content (AvgIpc) is 2.72. The van der Waals surface area contributed by atoms with E-state index in [-0.39, 0.29) is 17.1 Å². The van der Waals surface area contributed by atoms with E-state index in [1.165, 1.54) is 26.1 Å². The lowest BCUT2D eigenvalue weighted by atomic mass is 9.99. The van der Waals surface area contributed by atoms with Crippen molar-refractivity contribution in [1.82, 2.24) is 9.97 Å². The van der Waals surface area contributed by atoms with Crippen molar-refractivity contribution in [2.24, 2.45) is 5.92 Å². The third-order valence-electron chi connectivity index (χ3n) is 4.86. The Morgan fingerprint density at radius 3 is 2.68 bits per heavy atom. The lowest BCUT2D eigenvalue weighted by molar-refractivity contribution is -0.384. The first kappa shape index (κ1) is 19.5. The summed E-state index contributed by atoms with van der Waals surface area (Å²) in [5, 5.41) is 14.2. The van der Waals surface area contributed by atoms with Crippen LogP contribution in [-0.2, 0) is 11.3 Å². The summed E-state index contributed by atoms with van der Waals surface area (Å²) in [5.41, 5.74) is 0.624. The topological polar surface area (TPSA) is 110 Å². The summed E-state index contributed by atoms with van der Waals surface area (Å²) in [6.07, 6.45) is 5.35. The zero-order valence-electron chi connectivity index (χ0n) is 15.9. The molecule has 0 aromatic carbocycles. The minimum absolute atomic E-state index is 0.0293. The van der Waals surface area contributed by atoms with Crippen molar-refractivity contribution in [2.45, 2.75) is 26.3 Å². The van der Waals surface area contributed by atoms with Gasteiger partial charge in [0.25, 0.3) is 0 Å². The molecule has 0 bridgehead atoms. The first-order chi connectivity index (χ1) is 13.5. The van der Waals surface area contributed by atoms with Gasteiger partial charge in [0, 0.05) is 38.1 Å². The Kier molecular flexibility index (Phi) is 6.03. The van der Waals surface area contributed by atoms with E-state index < -0.39 is 10.9 Å². The van der Waals surface area contributed by atoms with Gasteiger partial charge in [-0.3, -0.25) is 10.1 Å². The van der Waals surface area contributed by atoms with Gasteiger partial charge in [-0.05, 0) is 30.4 Å². The van der Waals surface area contributed by atoms with Crippen LogP contribution >= 0.6 is 0 Å². The minimum Gasteiger partial charge on any atom is -0.465 e. The summed E-state index contributed by atoms with van der Waals surface area (Å²) in [7, 11) is 1.21. The SMILES string of the molecule is COC(=O)c1cnc(NCc2ccc(N3CCC(C)CC3)nc2)c([N+](=O)[O-])c1. The van der Waals surface area contributed by atoms with E-state index in [9.17, 15) is 14.9 Å². The molecular formula is C19H23N5O4. The Morgan fingerprint density at radius 2 is 2.07 bits per heavy atom. The highest BCUT2D eigenvalue weighted by Crippen LogP contribution is 2.24. The summed E-state index contributed by atoms with van der Waals surface area (Å²) >= 11 is 0. The number of ether oxygens (including phenoxy) is 1. The quantitative estimate of drug-likeness (QED) is 0.459. The monoisotopic (exact) mass is 385 g/mol. The molecule has 0 atom stereocenters. The van der Waals surface area contributed by atoms with Crippen LogP contribution in [0.1, 0.15) is 35.7 Å². The maximum Gasteiger partial charge on any atom is 0.339 e. The van der Waals surface area contributed by atoms with Gasteiger partial charge in [-0.1, -0.05) is 13.0 Å². The molecule has 1 N–H and O–H groups in total. The second-order valence-corrected chi connectivity index (χ2v) is 6.89. The first-order valence-electron chi connectivity index (χ1n) is 9.14. The summed E-state index contributed by atoms with van der Waals surface area (Å²) in [4.78, 5) is 33.0. The lowest BCUT2D eigenvalue weighted by Gasteiger charge is -2.31. The van der Waals surface area contributed by atoms with Crippen LogP contribution < -0.4 is 10.2 Å². The van der Waals surface area contributed by atoms with Crippen molar-refractivity contribution in [1.29, 1.82) is 0 Å². The summed E-state index contributed by atoms with van der Waals surface area (Å²) in [5.74, 6) is 1.12. The van der Waals surface area contributed by atoms with Crippen molar-refractivity contribution in [3.05, 3.63) is 51.8 Å². The van der Waals surface area contributed by atoms with Crippen LogP contribution in [0, 0.1) is 16.0 Å². The van der Waals surface area contributed by atoms with E-state index >= 15 is 0 Å². The number of aromatic nitrogens is 2. The molecule has 0 spiro atoms. The van der Waals surface area contributed by atoms with Crippen LogP contribution in [0.2, 0.25) is 0 Å². The molecule has 9 nitrogen and oxygen atoms in total. The molecule has 0 amide bonds. The molecule has 0 aliphatic carbocycles. The van der Waals surface area contributed by atoms with Crippen LogP contribution in [0.5, 0.6) is 0 Å². The van der Waals surface area contributed by atoms with E-state index in [1.54, 1.807) is 6.20 Å². The van der Waals surface area contributed by atoms with Gasteiger partial charge in [-0.15, -0.1) is 0 Å². The van der Waals surface area contributed by atoms with E-state index in [1.807, 2.05) is 12.1 Å². The van der Waals surface area contributed by atoms with E-state index in [0.29, 0.717) is 6.54 Å². The van der Waals surface area contributed by atoms with Crippen molar-refractivity contribution >= 4 is 23.3 Å². The zero-order chi connectivity index (χ0) is 20.1. The highest BCUT2D eigenvalue weighted by atomic mass is 16.6. The molecule has 1 fully saturated rings. The Morgan fingerprint density at radius 1 is 1.32 bits per heavy atom. The van der Waals surface area contributed by atoms with Crippen LogP contribution in [0.25, 0.3) is 0 Å². The Hall–Kier alpha value is -3.23. The third-order valence-corrected chi connectivity index (χ3v) is 4.86. The summed E-state index contributed by atoms with van der Waals surface area (Å²) < 4.78 is 4.57. The number of anilines is 2. The number of carbonyl (C=O) groups is 1. The molecule has 1 aliphatic heterocycles. The van der Waals surface area contributed by atoms with Crippen molar-refractivity contribution in [3.8, 4) is 0 Å². The lowest BCUT2D eigenvalue weighted by Crippen LogP contribution is -2.33. The van der Waals surface area contributed by atoms with Crippen molar-refractivity contribution < 1.29 is 14.5 Å². The standard InChI is InChI=1S/C19H23N5O4/c1-13-5-7-23(8-6-13)17-4-3-14(10-20-17)11-21-18-16(24(26)27)9-15(12-22-18)19(25)28-2/h3-4,9-10,12-13H,5-8,11H2,1-2H3,(H,21,22). The smallest absolute Gasteiger partial charge is 0.339 e. The second-order valence-electron chi connectivity index (χ2n) is 6.89. The number of rotatable bonds is 6. The van der Waals surface area contributed by atoms with Gasteiger partial charge in [0.2, 0.25) is 5.82 Å². The molecule has 148 valence electrons. The highest BCUT2D eigenvalue weighted by Gasteiger charge is 2.20. The summed E-state index contributed by atoms with van der Waals surface area (Å²) in [6.45, 7) is 4.61. The Balaban J connectivity index is 1.66. The Bertz CT molecular complexity index is 848. The van der Waals surface area contributed by atoms with Gasteiger partial charge in [0.15, 0.2) is 0 Å². The maximum absolute atomic E-state index is 11.5. The molecule has 0 radical (unpaired) electrons. The van der Waals surface area contributed by atoms with Crippen molar-refractivity contribution in [2.75, 3.05) is 30.4 Å². The van der Waals surface area contributed by atoms with Gasteiger partial charge in [0.05, 0.1) is 17.6 Å². The van der Waals surface area contributed by atoms with Gasteiger partial charge < -0.3 is 15.0 Å². The molecule has 2 aromatic rings. The molecule has 28 heavy (non-hydrogen) atoms. The van der Waals surface area contributed by atoms with Gasteiger partial charge in [0.1, 0.15) is 5.82 Å². The summed E-state index contributed by atoms with van der Waals surface area (Å²) in [6, 6.07) is 5.07. The molecule has 1 saturated heterocycles. The molecule has 2 aromatic heterocycles. The van der Waals surface area contributed by atoms with Gasteiger partial charge in [-0.2, -0.15) is 0 Å². The van der Waals surface area contributed by atoms with E-state index in [4.69, 9.17) is 0 Å². The number of carbonyl (C=O) groups excluding carboxylic acids is 1. The second kappa shape index (κ2) is 8.64. The highest BCUT2D eigenvalue weighted by molar-refractivity contribution is 5.90. The number of hydrogen-bond donors (Lipinski definition) is 1. The van der Waals surface area contributed by atoms with Crippen molar-refractivity contribution in [3.63, 3.8) is 0 Å². The zero-order valence-corrected chi connectivity index (χ0v) is 15.9. The average molecular weight is 385 g/mol. The number of hydrogen-bond acceptors (Lipinski definition) is 8. The molecule has 3 rings (SSSR count).